The molecule has 1 fully saturated rings. The molecule has 1 saturated carbocycles. The van der Waals surface area contributed by atoms with Gasteiger partial charge in [0.2, 0.25) is 0 Å². The Morgan fingerprint density at radius 2 is 2.18 bits per heavy atom. The highest BCUT2D eigenvalue weighted by molar-refractivity contribution is 6.20. The molecule has 0 aromatic carbocycles. The van der Waals surface area contributed by atoms with Crippen molar-refractivity contribution in [1.29, 1.82) is 0 Å². The van der Waals surface area contributed by atoms with Gasteiger partial charge in [-0.1, -0.05) is 18.1 Å². The molecule has 11 heavy (non-hydrogen) atoms. The van der Waals surface area contributed by atoms with E-state index in [9.17, 15) is 0 Å². The molecule has 1 aliphatic carbocycles. The monoisotopic (exact) mass is 172 g/mol. The van der Waals surface area contributed by atoms with Crippen LogP contribution in [-0.4, -0.2) is 5.38 Å². The van der Waals surface area contributed by atoms with Crippen molar-refractivity contribution in [1.82, 2.24) is 0 Å². The molecule has 0 nitrogen and oxygen atoms in total. The van der Waals surface area contributed by atoms with Crippen molar-refractivity contribution in [3.05, 3.63) is 11.6 Å². The van der Waals surface area contributed by atoms with E-state index in [0.29, 0.717) is 5.38 Å². The largest absolute Gasteiger partial charge is 0.123 e. The predicted octanol–water partition coefficient (Wildman–Crippen LogP) is 3.75. The maximum Gasteiger partial charge on any atom is 0.0341 e. The molecule has 64 valence electrons. The van der Waals surface area contributed by atoms with Gasteiger partial charge in [0, 0.05) is 5.38 Å². The van der Waals surface area contributed by atoms with Crippen LogP contribution in [0, 0.1) is 5.92 Å². The van der Waals surface area contributed by atoms with Crippen LogP contribution in [0.1, 0.15) is 39.5 Å². The fourth-order valence-corrected chi connectivity index (χ4v) is 2.15. The maximum absolute atomic E-state index is 6.09. The van der Waals surface area contributed by atoms with E-state index >= 15 is 0 Å². The summed E-state index contributed by atoms with van der Waals surface area (Å²) in [5, 5.41) is 0.434. The number of alkyl halides is 1. The molecular formula is C10H17Cl. The van der Waals surface area contributed by atoms with E-state index in [1.54, 1.807) is 0 Å². The first kappa shape index (κ1) is 9.12. The van der Waals surface area contributed by atoms with Crippen molar-refractivity contribution in [2.75, 3.05) is 0 Å². The normalized spacial score (nSPS) is 33.9. The lowest BCUT2D eigenvalue weighted by Gasteiger charge is -2.25. The summed E-state index contributed by atoms with van der Waals surface area (Å²) < 4.78 is 0. The standard InChI is InChI=1S/C10H17Cl/c1-3-8(2)9-5-4-6-10(11)7-9/h3,9-10H,4-7H2,1-2H3/b8-3+. The topological polar surface area (TPSA) is 0 Å². The summed E-state index contributed by atoms with van der Waals surface area (Å²) in [7, 11) is 0. The van der Waals surface area contributed by atoms with Crippen LogP contribution in [0.25, 0.3) is 0 Å². The Hall–Kier alpha value is 0.0300. The number of halogens is 1. The number of hydrogen-bond donors (Lipinski definition) is 0. The summed E-state index contributed by atoms with van der Waals surface area (Å²) in [6, 6.07) is 0. The minimum atomic E-state index is 0.434. The van der Waals surface area contributed by atoms with Gasteiger partial charge in [0.25, 0.3) is 0 Å². The fraction of sp³-hybridized carbons (Fsp3) is 0.800. The summed E-state index contributed by atoms with van der Waals surface area (Å²) in [5.41, 5.74) is 1.52. The summed E-state index contributed by atoms with van der Waals surface area (Å²) in [6.45, 7) is 4.34. The molecule has 0 aromatic rings. The van der Waals surface area contributed by atoms with Crippen LogP contribution in [-0.2, 0) is 0 Å². The Bertz CT molecular complexity index is 149. The molecule has 0 N–H and O–H groups in total. The molecule has 1 aliphatic rings. The lowest BCUT2D eigenvalue weighted by atomic mass is 9.84. The molecule has 0 amide bonds. The SMILES string of the molecule is C/C=C(\C)C1CCCC(Cl)C1. The Labute approximate surface area is 74.6 Å². The highest BCUT2D eigenvalue weighted by Gasteiger charge is 2.20. The zero-order valence-electron chi connectivity index (χ0n) is 7.44. The van der Waals surface area contributed by atoms with E-state index in [0.717, 1.165) is 5.92 Å². The minimum absolute atomic E-state index is 0.434. The average molecular weight is 173 g/mol. The van der Waals surface area contributed by atoms with E-state index in [2.05, 4.69) is 19.9 Å². The average Bonchev–Trinajstić information content (AvgIpc) is 2.03. The fourth-order valence-electron chi connectivity index (χ4n) is 1.78. The molecule has 1 heteroatoms. The third kappa shape index (κ3) is 2.52. The zero-order valence-corrected chi connectivity index (χ0v) is 8.19. The molecule has 0 radical (unpaired) electrons. The molecular weight excluding hydrogens is 156 g/mol. The number of rotatable bonds is 1. The van der Waals surface area contributed by atoms with Gasteiger partial charge in [0.05, 0.1) is 0 Å². The van der Waals surface area contributed by atoms with E-state index in [1.165, 1.54) is 31.3 Å². The van der Waals surface area contributed by atoms with Gasteiger partial charge in [-0.2, -0.15) is 0 Å². The predicted molar refractivity (Wildman–Crippen MR) is 51.0 cm³/mol. The highest BCUT2D eigenvalue weighted by atomic mass is 35.5. The molecule has 0 spiro atoms. The van der Waals surface area contributed by atoms with Gasteiger partial charge in [0.15, 0.2) is 0 Å². The Kier molecular flexibility index (Phi) is 3.45. The third-order valence-electron chi connectivity index (χ3n) is 2.71. The van der Waals surface area contributed by atoms with Crippen LogP contribution in [0.5, 0.6) is 0 Å². The van der Waals surface area contributed by atoms with Gasteiger partial charge in [-0.3, -0.25) is 0 Å². The molecule has 2 atom stereocenters. The van der Waals surface area contributed by atoms with E-state index in [-0.39, 0.29) is 0 Å². The van der Waals surface area contributed by atoms with Gasteiger partial charge in [0.1, 0.15) is 0 Å². The van der Waals surface area contributed by atoms with Crippen molar-refractivity contribution in [3.63, 3.8) is 0 Å². The molecule has 0 aliphatic heterocycles. The third-order valence-corrected chi connectivity index (χ3v) is 3.11. The first-order valence-electron chi connectivity index (χ1n) is 4.51. The van der Waals surface area contributed by atoms with Gasteiger partial charge in [-0.15, -0.1) is 11.6 Å². The Morgan fingerprint density at radius 1 is 1.45 bits per heavy atom. The zero-order chi connectivity index (χ0) is 8.27. The summed E-state index contributed by atoms with van der Waals surface area (Å²) >= 11 is 6.09. The van der Waals surface area contributed by atoms with Crippen molar-refractivity contribution < 1.29 is 0 Å². The first-order valence-corrected chi connectivity index (χ1v) is 4.94. The molecule has 2 unspecified atom stereocenters. The first-order chi connectivity index (χ1) is 5.24. The second-order valence-electron chi connectivity index (χ2n) is 3.49. The Morgan fingerprint density at radius 3 is 2.73 bits per heavy atom. The molecule has 0 bridgehead atoms. The smallest absolute Gasteiger partial charge is 0.0341 e. The minimum Gasteiger partial charge on any atom is -0.123 e. The van der Waals surface area contributed by atoms with Crippen molar-refractivity contribution in [2.24, 2.45) is 5.92 Å². The quantitative estimate of drug-likeness (QED) is 0.418. The van der Waals surface area contributed by atoms with Crippen LogP contribution in [0.3, 0.4) is 0 Å². The highest BCUT2D eigenvalue weighted by Crippen LogP contribution is 2.32. The second kappa shape index (κ2) is 4.15. The molecule has 0 heterocycles. The number of allylic oxidation sites excluding steroid dienone is 2. The molecule has 0 saturated heterocycles. The van der Waals surface area contributed by atoms with Crippen LogP contribution < -0.4 is 0 Å². The van der Waals surface area contributed by atoms with Crippen LogP contribution in [0.4, 0.5) is 0 Å². The summed E-state index contributed by atoms with van der Waals surface area (Å²) in [5.74, 6) is 0.774. The lowest BCUT2D eigenvalue weighted by Crippen LogP contribution is -2.16. The molecule has 1 rings (SSSR count). The van der Waals surface area contributed by atoms with Gasteiger partial charge in [-0.05, 0) is 39.0 Å². The van der Waals surface area contributed by atoms with Gasteiger partial charge >= 0.3 is 0 Å². The van der Waals surface area contributed by atoms with Crippen LogP contribution >= 0.6 is 11.6 Å². The van der Waals surface area contributed by atoms with E-state index < -0.39 is 0 Å². The maximum atomic E-state index is 6.09. The Balaban J connectivity index is 2.46. The van der Waals surface area contributed by atoms with Crippen LogP contribution in [0.15, 0.2) is 11.6 Å². The van der Waals surface area contributed by atoms with E-state index in [1.807, 2.05) is 0 Å². The van der Waals surface area contributed by atoms with Crippen molar-refractivity contribution in [2.45, 2.75) is 44.9 Å². The van der Waals surface area contributed by atoms with Crippen LogP contribution in [0.2, 0.25) is 0 Å². The van der Waals surface area contributed by atoms with E-state index in [4.69, 9.17) is 11.6 Å². The summed E-state index contributed by atoms with van der Waals surface area (Å²) in [6.07, 6.45) is 7.29. The lowest BCUT2D eigenvalue weighted by molar-refractivity contribution is 0.408. The number of hydrogen-bond acceptors (Lipinski definition) is 0. The second-order valence-corrected chi connectivity index (χ2v) is 4.11. The van der Waals surface area contributed by atoms with Gasteiger partial charge < -0.3 is 0 Å². The van der Waals surface area contributed by atoms with Gasteiger partial charge in [-0.25, -0.2) is 0 Å². The van der Waals surface area contributed by atoms with Crippen molar-refractivity contribution >= 4 is 11.6 Å². The van der Waals surface area contributed by atoms with Crippen molar-refractivity contribution in [3.8, 4) is 0 Å². The molecule has 0 aromatic heterocycles. The summed E-state index contributed by atoms with van der Waals surface area (Å²) in [4.78, 5) is 0.